The first-order valence-corrected chi connectivity index (χ1v) is 7.82. The average Bonchev–Trinajstić information content (AvgIpc) is 2.57. The van der Waals surface area contributed by atoms with Gasteiger partial charge in [-0.1, -0.05) is 17.7 Å². The summed E-state index contributed by atoms with van der Waals surface area (Å²) in [6.07, 6.45) is -3.67. The minimum Gasteiger partial charge on any atom is -0.508 e. The number of hydrogen-bond acceptors (Lipinski definition) is 5. The first-order chi connectivity index (χ1) is 12.7. The Kier molecular flexibility index (Phi) is 5.04. The molecule has 0 aliphatic rings. The number of aromatic hydroxyl groups is 1. The summed E-state index contributed by atoms with van der Waals surface area (Å²) in [5, 5.41) is 14.3. The summed E-state index contributed by atoms with van der Waals surface area (Å²) in [6.45, 7) is 0. The van der Waals surface area contributed by atoms with Crippen molar-refractivity contribution < 1.29 is 22.7 Å². The van der Waals surface area contributed by atoms with Crippen LogP contribution >= 0.6 is 11.6 Å². The van der Waals surface area contributed by atoms with Gasteiger partial charge in [0.1, 0.15) is 5.75 Å². The first-order valence-electron chi connectivity index (χ1n) is 7.45. The van der Waals surface area contributed by atoms with Gasteiger partial charge in [0.05, 0.1) is 16.8 Å². The average molecular weight is 399 g/mol. The lowest BCUT2D eigenvalue weighted by Gasteiger charge is -2.12. The van der Waals surface area contributed by atoms with Gasteiger partial charge in [-0.25, -0.2) is 9.37 Å². The minimum atomic E-state index is -4.57. The van der Waals surface area contributed by atoms with E-state index in [9.17, 15) is 22.7 Å². The number of nitrogens with zero attached hydrogens (tertiary/aromatic N) is 2. The number of alkyl halides is 3. The van der Waals surface area contributed by atoms with Crippen LogP contribution in [0.25, 0.3) is 0 Å². The molecule has 0 bridgehead atoms. The standard InChI is InChI=1S/C17H11ClF4N4O/c18-13-7-10(4-5-12(13)17(20,21)22)25-16-23-8-14(19)15(26-16)24-9-2-1-3-11(27)6-9/h1-8,27H,(H2,23,24,25,26). The number of benzene rings is 2. The number of halogens is 5. The van der Waals surface area contributed by atoms with Crippen LogP contribution in [0.15, 0.2) is 48.7 Å². The Morgan fingerprint density at radius 2 is 1.74 bits per heavy atom. The van der Waals surface area contributed by atoms with E-state index in [0.717, 1.165) is 24.4 Å². The minimum absolute atomic E-state index is 0.0211. The summed E-state index contributed by atoms with van der Waals surface area (Å²) in [5.74, 6) is -1.02. The summed E-state index contributed by atoms with van der Waals surface area (Å²) in [4.78, 5) is 7.68. The summed E-state index contributed by atoms with van der Waals surface area (Å²) in [7, 11) is 0. The lowest BCUT2D eigenvalue weighted by Crippen LogP contribution is -2.07. The van der Waals surface area contributed by atoms with E-state index in [-0.39, 0.29) is 23.2 Å². The Labute approximate surface area is 155 Å². The van der Waals surface area contributed by atoms with Gasteiger partial charge in [0.15, 0.2) is 11.6 Å². The molecule has 0 spiro atoms. The highest BCUT2D eigenvalue weighted by molar-refractivity contribution is 6.31. The third-order valence-electron chi connectivity index (χ3n) is 3.38. The maximum atomic E-state index is 13.9. The first kappa shape index (κ1) is 18.7. The van der Waals surface area contributed by atoms with Crippen molar-refractivity contribution in [3.05, 3.63) is 65.1 Å². The lowest BCUT2D eigenvalue weighted by molar-refractivity contribution is -0.137. The molecule has 1 heterocycles. The van der Waals surface area contributed by atoms with E-state index in [1.807, 2.05) is 0 Å². The van der Waals surface area contributed by atoms with Gasteiger partial charge in [0.25, 0.3) is 0 Å². The van der Waals surface area contributed by atoms with Crippen LogP contribution in [0, 0.1) is 5.82 Å². The number of aromatic nitrogens is 2. The molecule has 0 amide bonds. The van der Waals surface area contributed by atoms with Crippen LogP contribution in [-0.4, -0.2) is 15.1 Å². The largest absolute Gasteiger partial charge is 0.508 e. The van der Waals surface area contributed by atoms with Crippen LogP contribution in [0.1, 0.15) is 5.56 Å². The van der Waals surface area contributed by atoms with Crippen molar-refractivity contribution in [2.75, 3.05) is 10.6 Å². The van der Waals surface area contributed by atoms with Crippen molar-refractivity contribution in [1.29, 1.82) is 0 Å². The fourth-order valence-electron chi connectivity index (χ4n) is 2.19. The van der Waals surface area contributed by atoms with Gasteiger partial charge >= 0.3 is 6.18 Å². The van der Waals surface area contributed by atoms with Crippen molar-refractivity contribution in [2.45, 2.75) is 6.18 Å². The van der Waals surface area contributed by atoms with E-state index in [0.29, 0.717) is 5.69 Å². The zero-order valence-electron chi connectivity index (χ0n) is 13.4. The number of hydrogen-bond donors (Lipinski definition) is 3. The Morgan fingerprint density at radius 3 is 2.41 bits per heavy atom. The molecule has 1 aromatic heterocycles. The van der Waals surface area contributed by atoms with Crippen molar-refractivity contribution in [1.82, 2.24) is 9.97 Å². The molecule has 27 heavy (non-hydrogen) atoms. The molecule has 2 aromatic carbocycles. The molecular formula is C17H11ClF4N4O. The molecular weight excluding hydrogens is 388 g/mol. The van der Waals surface area contributed by atoms with E-state index < -0.39 is 22.6 Å². The molecule has 10 heteroatoms. The normalized spacial score (nSPS) is 11.3. The summed E-state index contributed by atoms with van der Waals surface area (Å²) in [5.41, 5.74) is -0.389. The number of nitrogens with one attached hydrogen (secondary N) is 2. The number of phenolic OH excluding ortho intramolecular Hbond substituents is 1. The third kappa shape index (κ3) is 4.56. The van der Waals surface area contributed by atoms with Gasteiger partial charge < -0.3 is 15.7 Å². The van der Waals surface area contributed by atoms with E-state index in [4.69, 9.17) is 11.6 Å². The molecule has 3 rings (SSSR count). The van der Waals surface area contributed by atoms with Crippen LogP contribution < -0.4 is 10.6 Å². The Hall–Kier alpha value is -3.07. The molecule has 0 saturated carbocycles. The zero-order valence-corrected chi connectivity index (χ0v) is 14.1. The highest BCUT2D eigenvalue weighted by Crippen LogP contribution is 2.36. The summed E-state index contributed by atoms with van der Waals surface area (Å²) < 4.78 is 52.1. The third-order valence-corrected chi connectivity index (χ3v) is 3.70. The van der Waals surface area contributed by atoms with Crippen molar-refractivity contribution in [3.8, 4) is 5.75 Å². The molecule has 0 fully saturated rings. The smallest absolute Gasteiger partial charge is 0.417 e. The quantitative estimate of drug-likeness (QED) is 0.508. The SMILES string of the molecule is Oc1cccc(Nc2nc(Nc3ccc(C(F)(F)F)c(Cl)c3)ncc2F)c1. The predicted octanol–water partition coefficient (Wildman–Crippen LogP) is 5.48. The van der Waals surface area contributed by atoms with E-state index in [1.165, 1.54) is 12.1 Å². The molecule has 0 unspecified atom stereocenters. The molecule has 0 saturated heterocycles. The van der Waals surface area contributed by atoms with Gasteiger partial charge in [0, 0.05) is 17.4 Å². The Balaban J connectivity index is 1.83. The predicted molar refractivity (Wildman–Crippen MR) is 93.1 cm³/mol. The molecule has 0 atom stereocenters. The molecule has 0 radical (unpaired) electrons. The summed E-state index contributed by atoms with van der Waals surface area (Å²) >= 11 is 5.66. The van der Waals surface area contributed by atoms with Gasteiger partial charge in [-0.3, -0.25) is 0 Å². The molecule has 0 aliphatic carbocycles. The van der Waals surface area contributed by atoms with Crippen LogP contribution in [0.4, 0.5) is 40.7 Å². The second-order valence-corrected chi connectivity index (χ2v) is 5.79. The van der Waals surface area contributed by atoms with Crippen LogP contribution in [0.3, 0.4) is 0 Å². The highest BCUT2D eigenvalue weighted by atomic mass is 35.5. The fourth-order valence-corrected chi connectivity index (χ4v) is 2.47. The highest BCUT2D eigenvalue weighted by Gasteiger charge is 2.33. The van der Waals surface area contributed by atoms with Crippen LogP contribution in [0.5, 0.6) is 5.75 Å². The van der Waals surface area contributed by atoms with Gasteiger partial charge in [-0.15, -0.1) is 0 Å². The Morgan fingerprint density at radius 1 is 1.00 bits per heavy atom. The molecule has 3 aromatic rings. The van der Waals surface area contributed by atoms with Crippen molar-refractivity contribution in [2.24, 2.45) is 0 Å². The Bertz CT molecular complexity index is 981. The van der Waals surface area contributed by atoms with Crippen molar-refractivity contribution >= 4 is 34.7 Å². The topological polar surface area (TPSA) is 70.1 Å². The number of anilines is 4. The monoisotopic (exact) mass is 398 g/mol. The van der Waals surface area contributed by atoms with Gasteiger partial charge in [-0.2, -0.15) is 18.2 Å². The lowest BCUT2D eigenvalue weighted by atomic mass is 10.2. The number of phenols is 1. The van der Waals surface area contributed by atoms with E-state index in [2.05, 4.69) is 20.6 Å². The van der Waals surface area contributed by atoms with Gasteiger partial charge in [-0.05, 0) is 30.3 Å². The molecule has 3 N–H and O–H groups in total. The van der Waals surface area contributed by atoms with E-state index >= 15 is 0 Å². The number of rotatable bonds is 4. The zero-order chi connectivity index (χ0) is 19.6. The molecule has 0 aliphatic heterocycles. The summed E-state index contributed by atoms with van der Waals surface area (Å²) in [6, 6.07) is 9.00. The fraction of sp³-hybridized carbons (Fsp3) is 0.0588. The second kappa shape index (κ2) is 7.28. The van der Waals surface area contributed by atoms with Gasteiger partial charge in [0.2, 0.25) is 5.95 Å². The molecule has 5 nitrogen and oxygen atoms in total. The maximum Gasteiger partial charge on any atom is 0.417 e. The van der Waals surface area contributed by atoms with Crippen molar-refractivity contribution in [3.63, 3.8) is 0 Å². The maximum absolute atomic E-state index is 13.9. The van der Waals surface area contributed by atoms with Crippen LogP contribution in [-0.2, 0) is 6.18 Å². The second-order valence-electron chi connectivity index (χ2n) is 5.38. The van der Waals surface area contributed by atoms with E-state index in [1.54, 1.807) is 12.1 Å². The molecule has 140 valence electrons. The van der Waals surface area contributed by atoms with Crippen LogP contribution in [0.2, 0.25) is 5.02 Å².